The van der Waals surface area contributed by atoms with Gasteiger partial charge in [-0.1, -0.05) is 6.92 Å². The maximum absolute atomic E-state index is 12.3. The molecule has 1 aromatic heterocycles. The van der Waals surface area contributed by atoms with E-state index in [1.54, 1.807) is 11.3 Å². The molecule has 1 saturated heterocycles. The number of amides is 1. The number of hydrogen-bond acceptors (Lipinski definition) is 4. The van der Waals surface area contributed by atoms with Gasteiger partial charge in [0, 0.05) is 28.3 Å². The highest BCUT2D eigenvalue weighted by Crippen LogP contribution is 2.18. The second-order valence-electron chi connectivity index (χ2n) is 5.43. The van der Waals surface area contributed by atoms with Crippen LogP contribution in [0.4, 0.5) is 0 Å². The highest BCUT2D eigenvalue weighted by molar-refractivity contribution is 7.11. The zero-order valence-corrected chi connectivity index (χ0v) is 13.3. The zero-order valence-electron chi connectivity index (χ0n) is 12.4. The Hall–Kier alpha value is -0.910. The van der Waals surface area contributed by atoms with E-state index < -0.39 is 0 Å². The van der Waals surface area contributed by atoms with Crippen LogP contribution in [-0.2, 0) is 16.0 Å². The second kappa shape index (κ2) is 7.20. The third-order valence-corrected chi connectivity index (χ3v) is 4.60. The van der Waals surface area contributed by atoms with Gasteiger partial charge in [0.15, 0.2) is 0 Å². The van der Waals surface area contributed by atoms with Crippen LogP contribution >= 0.6 is 11.3 Å². The van der Waals surface area contributed by atoms with Gasteiger partial charge in [-0.2, -0.15) is 0 Å². The molecular weight excluding hydrogens is 272 g/mol. The third kappa shape index (κ3) is 4.04. The maximum atomic E-state index is 12.3. The molecular formula is C15H24N2O2S. The Morgan fingerprint density at radius 2 is 2.30 bits per heavy atom. The summed E-state index contributed by atoms with van der Waals surface area (Å²) in [5.74, 6) is 0.0386. The van der Waals surface area contributed by atoms with Crippen LogP contribution in [0.3, 0.4) is 0 Å². The molecule has 5 heteroatoms. The first kappa shape index (κ1) is 15.5. The van der Waals surface area contributed by atoms with Crippen LogP contribution in [-0.4, -0.2) is 37.7 Å². The number of carbonyl (C=O) groups excluding carboxylic acids is 1. The Kier molecular flexibility index (Phi) is 5.57. The van der Waals surface area contributed by atoms with Crippen molar-refractivity contribution >= 4 is 17.2 Å². The van der Waals surface area contributed by atoms with Crippen LogP contribution in [0.2, 0.25) is 0 Å². The molecule has 0 aromatic carbocycles. The van der Waals surface area contributed by atoms with Gasteiger partial charge in [-0.25, -0.2) is 0 Å². The van der Waals surface area contributed by atoms with Crippen LogP contribution in [0.5, 0.6) is 0 Å². The van der Waals surface area contributed by atoms with E-state index in [1.165, 1.54) is 9.75 Å². The summed E-state index contributed by atoms with van der Waals surface area (Å²) in [6.45, 7) is 8.23. The highest BCUT2D eigenvalue weighted by atomic mass is 32.1. The number of likely N-dealkylation sites (N-methyl/N-ethyl adjacent to an activating group) is 1. The number of carbonyl (C=O) groups is 1. The molecule has 20 heavy (non-hydrogen) atoms. The molecule has 4 nitrogen and oxygen atoms in total. The Morgan fingerprint density at radius 3 is 2.95 bits per heavy atom. The molecule has 3 unspecified atom stereocenters. The van der Waals surface area contributed by atoms with Crippen molar-refractivity contribution in [2.45, 2.75) is 39.3 Å². The lowest BCUT2D eigenvalue weighted by Gasteiger charge is -2.20. The predicted octanol–water partition coefficient (Wildman–Crippen LogP) is 1.73. The molecule has 0 radical (unpaired) electrons. The number of nitrogens with one attached hydrogen (secondary N) is 2. The quantitative estimate of drug-likeness (QED) is 0.840. The largest absolute Gasteiger partial charge is 0.379 e. The van der Waals surface area contributed by atoms with Crippen molar-refractivity contribution in [2.75, 3.05) is 19.8 Å². The lowest BCUT2D eigenvalue weighted by molar-refractivity contribution is -0.126. The minimum Gasteiger partial charge on any atom is -0.379 e. The van der Waals surface area contributed by atoms with Gasteiger partial charge in [0.2, 0.25) is 5.91 Å². The maximum Gasteiger partial charge on any atom is 0.227 e. The zero-order chi connectivity index (χ0) is 14.5. The van der Waals surface area contributed by atoms with Crippen molar-refractivity contribution in [3.05, 3.63) is 21.9 Å². The molecule has 1 fully saturated rings. The topological polar surface area (TPSA) is 50.4 Å². The Bertz CT molecular complexity index is 447. The van der Waals surface area contributed by atoms with Crippen molar-refractivity contribution in [1.29, 1.82) is 0 Å². The standard InChI is InChI=1S/C15H24N2O2S/c1-4-16-14-9-19-8-13(14)15(18)17-10(2)7-12-6-5-11(3)20-12/h5-6,10,13-14,16H,4,7-9H2,1-3H3,(H,17,18). The molecule has 2 N–H and O–H groups in total. The van der Waals surface area contributed by atoms with Crippen molar-refractivity contribution < 1.29 is 9.53 Å². The predicted molar refractivity (Wildman–Crippen MR) is 82.1 cm³/mol. The number of thiophene rings is 1. The summed E-state index contributed by atoms with van der Waals surface area (Å²) in [6.07, 6.45) is 0.893. The molecule has 0 spiro atoms. The van der Waals surface area contributed by atoms with Crippen molar-refractivity contribution in [2.24, 2.45) is 5.92 Å². The number of aryl methyl sites for hydroxylation is 1. The molecule has 0 bridgehead atoms. The summed E-state index contributed by atoms with van der Waals surface area (Å²) < 4.78 is 5.43. The minimum atomic E-state index is -0.0672. The summed E-state index contributed by atoms with van der Waals surface area (Å²) in [4.78, 5) is 14.9. The first-order valence-electron chi connectivity index (χ1n) is 7.27. The summed E-state index contributed by atoms with van der Waals surface area (Å²) in [5, 5.41) is 6.43. The van der Waals surface area contributed by atoms with Crippen molar-refractivity contribution in [1.82, 2.24) is 10.6 Å². The molecule has 2 rings (SSSR count). The van der Waals surface area contributed by atoms with Gasteiger partial charge in [-0.15, -0.1) is 11.3 Å². The molecule has 1 aliphatic rings. The summed E-state index contributed by atoms with van der Waals surface area (Å²) in [7, 11) is 0. The van der Waals surface area contributed by atoms with E-state index in [2.05, 4.69) is 43.5 Å². The Morgan fingerprint density at radius 1 is 1.50 bits per heavy atom. The fraction of sp³-hybridized carbons (Fsp3) is 0.667. The van der Waals surface area contributed by atoms with E-state index in [4.69, 9.17) is 4.74 Å². The van der Waals surface area contributed by atoms with Gasteiger partial charge in [0.25, 0.3) is 0 Å². The molecule has 1 amide bonds. The lowest BCUT2D eigenvalue weighted by Crippen LogP contribution is -2.46. The van der Waals surface area contributed by atoms with Crippen molar-refractivity contribution in [3.63, 3.8) is 0 Å². The SMILES string of the molecule is CCNC1COCC1C(=O)NC(C)Cc1ccc(C)s1. The average Bonchev–Trinajstić information content (AvgIpc) is 2.99. The molecule has 0 saturated carbocycles. The van der Waals surface area contributed by atoms with E-state index in [0.717, 1.165) is 13.0 Å². The monoisotopic (exact) mass is 296 g/mol. The molecule has 1 aromatic rings. The molecule has 0 aliphatic carbocycles. The van der Waals surface area contributed by atoms with E-state index >= 15 is 0 Å². The van der Waals surface area contributed by atoms with Crippen LogP contribution < -0.4 is 10.6 Å². The first-order chi connectivity index (χ1) is 9.60. The summed E-state index contributed by atoms with van der Waals surface area (Å²) >= 11 is 1.80. The average molecular weight is 296 g/mol. The summed E-state index contributed by atoms with van der Waals surface area (Å²) in [6, 6.07) is 4.57. The van der Waals surface area contributed by atoms with Gasteiger partial charge in [0.1, 0.15) is 0 Å². The normalized spacial score (nSPS) is 23.8. The minimum absolute atomic E-state index is 0.0672. The van der Waals surface area contributed by atoms with Crippen LogP contribution in [0.1, 0.15) is 23.6 Å². The third-order valence-electron chi connectivity index (χ3n) is 3.58. The second-order valence-corrected chi connectivity index (χ2v) is 6.81. The number of ether oxygens (including phenoxy) is 1. The van der Waals surface area contributed by atoms with Crippen LogP contribution in [0, 0.1) is 12.8 Å². The van der Waals surface area contributed by atoms with E-state index in [0.29, 0.717) is 13.2 Å². The van der Waals surface area contributed by atoms with Gasteiger partial charge in [0.05, 0.1) is 19.1 Å². The van der Waals surface area contributed by atoms with Crippen LogP contribution in [0.15, 0.2) is 12.1 Å². The van der Waals surface area contributed by atoms with E-state index in [9.17, 15) is 4.79 Å². The number of hydrogen-bond donors (Lipinski definition) is 2. The Balaban J connectivity index is 1.84. The number of rotatable bonds is 6. The molecule has 3 atom stereocenters. The molecule has 112 valence electrons. The van der Waals surface area contributed by atoms with Crippen molar-refractivity contribution in [3.8, 4) is 0 Å². The fourth-order valence-electron chi connectivity index (χ4n) is 2.57. The molecule has 1 aliphatic heterocycles. The van der Waals surface area contributed by atoms with E-state index in [1.807, 2.05) is 0 Å². The van der Waals surface area contributed by atoms with Gasteiger partial charge >= 0.3 is 0 Å². The lowest BCUT2D eigenvalue weighted by atomic mass is 10.0. The highest BCUT2D eigenvalue weighted by Gasteiger charge is 2.33. The fourth-order valence-corrected chi connectivity index (χ4v) is 3.59. The van der Waals surface area contributed by atoms with E-state index in [-0.39, 0.29) is 23.9 Å². The smallest absolute Gasteiger partial charge is 0.227 e. The van der Waals surface area contributed by atoms with Gasteiger partial charge < -0.3 is 15.4 Å². The first-order valence-corrected chi connectivity index (χ1v) is 8.08. The van der Waals surface area contributed by atoms with Gasteiger partial charge in [-0.05, 0) is 32.5 Å². The Labute approximate surface area is 124 Å². The molecule has 2 heterocycles. The van der Waals surface area contributed by atoms with Crippen LogP contribution in [0.25, 0.3) is 0 Å². The van der Waals surface area contributed by atoms with Gasteiger partial charge in [-0.3, -0.25) is 4.79 Å². The summed E-state index contributed by atoms with van der Waals surface area (Å²) in [5.41, 5.74) is 0.